The average Bonchev–Trinajstić information content (AvgIpc) is 3.09. The quantitative estimate of drug-likeness (QED) is 0.0649. The van der Waals surface area contributed by atoms with Crippen LogP contribution in [0.4, 0.5) is 17.1 Å². The number of aryl methyl sites for hydroxylation is 1. The first-order chi connectivity index (χ1) is 22.3. The Morgan fingerprint density at radius 3 is 1.74 bits per heavy atom. The fraction of sp³-hybridized carbons (Fsp3) is 0.0732. The maximum absolute atomic E-state index is 11.7. The van der Waals surface area contributed by atoms with Crippen LogP contribution >= 0.6 is 0 Å². The van der Waals surface area contributed by atoms with Crippen LogP contribution in [0.2, 0.25) is 0 Å². The molecule has 5 aromatic carbocycles. The Kier molecular flexibility index (Phi) is 10.1. The van der Waals surface area contributed by atoms with Gasteiger partial charge in [-0.05, 0) is 96.3 Å². The van der Waals surface area contributed by atoms with Crippen LogP contribution in [0.3, 0.4) is 0 Å². The number of nitrogens with zero attached hydrogens (tertiary/aromatic N) is 1. The number of carbonyl (C=O) groups excluding carboxylic acids is 2. The van der Waals surface area contributed by atoms with Gasteiger partial charge in [-0.1, -0.05) is 97.6 Å². The number of hydrogen-bond acceptors (Lipinski definition) is 5. The smallest absolute Gasteiger partial charge is 0.335 e. The Morgan fingerprint density at radius 2 is 1.17 bits per heavy atom. The third kappa shape index (κ3) is 7.76. The predicted molar refractivity (Wildman–Crippen MR) is 186 cm³/mol. The zero-order valence-electron chi connectivity index (χ0n) is 25.9. The summed E-state index contributed by atoms with van der Waals surface area (Å²) in [5, 5.41) is 0. The highest BCUT2D eigenvalue weighted by Gasteiger charge is 2.15. The van der Waals surface area contributed by atoms with Crippen molar-refractivity contribution in [3.05, 3.63) is 181 Å². The molecule has 0 radical (unpaired) electrons. The molecule has 0 amide bonds. The highest BCUT2D eigenvalue weighted by atomic mass is 16.5. The van der Waals surface area contributed by atoms with E-state index in [1.165, 1.54) is 11.6 Å². The fourth-order valence-electron chi connectivity index (χ4n) is 5.02. The maximum atomic E-state index is 11.7. The van der Waals surface area contributed by atoms with Crippen molar-refractivity contribution in [1.29, 1.82) is 0 Å². The van der Waals surface area contributed by atoms with E-state index in [1.807, 2.05) is 61.5 Å². The van der Waals surface area contributed by atoms with Crippen molar-refractivity contribution in [2.45, 2.75) is 20.0 Å². The minimum atomic E-state index is -0.495. The number of carbonyl (C=O) groups is 2. The van der Waals surface area contributed by atoms with Crippen LogP contribution in [0.25, 0.3) is 11.6 Å². The number of ether oxygens (including phenoxy) is 2. The molecule has 0 N–H and O–H groups in total. The van der Waals surface area contributed by atoms with E-state index in [4.69, 9.17) is 9.47 Å². The Morgan fingerprint density at radius 1 is 0.652 bits per heavy atom. The first-order valence-electron chi connectivity index (χ1n) is 15.0. The maximum Gasteiger partial charge on any atom is 0.335 e. The second-order valence-electron chi connectivity index (χ2n) is 10.7. The third-order valence-corrected chi connectivity index (χ3v) is 7.47. The van der Waals surface area contributed by atoms with Gasteiger partial charge in [0, 0.05) is 29.2 Å². The van der Waals surface area contributed by atoms with Gasteiger partial charge in [0.1, 0.15) is 11.9 Å². The van der Waals surface area contributed by atoms with Crippen molar-refractivity contribution in [2.24, 2.45) is 0 Å². The average molecular weight is 606 g/mol. The third-order valence-electron chi connectivity index (χ3n) is 7.47. The Hall–Kier alpha value is -5.94. The van der Waals surface area contributed by atoms with E-state index in [1.54, 1.807) is 12.1 Å². The molecule has 0 bridgehead atoms. The zero-order valence-corrected chi connectivity index (χ0v) is 25.9. The van der Waals surface area contributed by atoms with E-state index < -0.39 is 18.0 Å². The number of esters is 2. The van der Waals surface area contributed by atoms with Crippen LogP contribution < -0.4 is 9.64 Å². The minimum Gasteiger partial charge on any atom is -0.455 e. The van der Waals surface area contributed by atoms with Crippen molar-refractivity contribution in [3.63, 3.8) is 0 Å². The second kappa shape index (κ2) is 14.7. The first-order valence-corrected chi connectivity index (χ1v) is 15.0. The number of benzene rings is 5. The van der Waals surface area contributed by atoms with Crippen molar-refractivity contribution in [3.8, 4) is 5.75 Å². The minimum absolute atomic E-state index is 0.393. The van der Waals surface area contributed by atoms with Gasteiger partial charge in [-0.2, -0.15) is 0 Å². The number of rotatable bonds is 11. The van der Waals surface area contributed by atoms with Crippen LogP contribution in [-0.4, -0.2) is 11.9 Å². The highest BCUT2D eigenvalue weighted by Crippen LogP contribution is 2.36. The predicted octanol–water partition coefficient (Wildman–Crippen LogP) is 9.94. The van der Waals surface area contributed by atoms with Crippen molar-refractivity contribution < 1.29 is 19.1 Å². The van der Waals surface area contributed by atoms with Gasteiger partial charge < -0.3 is 14.4 Å². The van der Waals surface area contributed by atoms with Crippen molar-refractivity contribution in [1.82, 2.24) is 0 Å². The van der Waals surface area contributed by atoms with Crippen LogP contribution in [0.15, 0.2) is 153 Å². The molecular formula is C41H35NO4. The van der Waals surface area contributed by atoms with E-state index >= 15 is 0 Å². The van der Waals surface area contributed by atoms with Gasteiger partial charge in [-0.15, -0.1) is 0 Å². The lowest BCUT2D eigenvalue weighted by molar-refractivity contribution is -0.142. The van der Waals surface area contributed by atoms with Gasteiger partial charge in [0.15, 0.2) is 0 Å². The summed E-state index contributed by atoms with van der Waals surface area (Å²) in [4.78, 5) is 25.6. The summed E-state index contributed by atoms with van der Waals surface area (Å²) in [5.74, 6) is -0.485. The fourth-order valence-corrected chi connectivity index (χ4v) is 5.02. The van der Waals surface area contributed by atoms with Crippen molar-refractivity contribution in [2.75, 3.05) is 4.90 Å². The van der Waals surface area contributed by atoms with Crippen molar-refractivity contribution >= 4 is 40.6 Å². The van der Waals surface area contributed by atoms with E-state index in [0.717, 1.165) is 51.0 Å². The van der Waals surface area contributed by atoms with Gasteiger partial charge in [0.2, 0.25) is 0 Å². The van der Waals surface area contributed by atoms with E-state index in [-0.39, 0.29) is 0 Å². The molecule has 0 aliphatic heterocycles. The van der Waals surface area contributed by atoms with Crippen LogP contribution in [0, 0.1) is 6.92 Å². The Balaban J connectivity index is 1.48. The summed E-state index contributed by atoms with van der Waals surface area (Å²) in [6.45, 7) is 10.9. The first kappa shape index (κ1) is 31.5. The zero-order chi connectivity index (χ0) is 32.5. The summed E-state index contributed by atoms with van der Waals surface area (Å²) < 4.78 is 10.7. The van der Waals surface area contributed by atoms with Crippen LogP contribution in [-0.2, 0) is 14.3 Å². The summed E-state index contributed by atoms with van der Waals surface area (Å²) in [7, 11) is 0. The van der Waals surface area contributed by atoms with E-state index in [2.05, 4.69) is 91.7 Å². The van der Waals surface area contributed by atoms with Gasteiger partial charge in [0.05, 0.1) is 0 Å². The molecule has 0 aliphatic carbocycles. The lowest BCUT2D eigenvalue weighted by atomic mass is 9.95. The summed E-state index contributed by atoms with van der Waals surface area (Å²) in [6, 6.07) is 42.5. The van der Waals surface area contributed by atoms with Gasteiger partial charge in [0.25, 0.3) is 0 Å². The largest absolute Gasteiger partial charge is 0.455 e. The molecule has 5 nitrogen and oxygen atoms in total. The highest BCUT2D eigenvalue weighted by molar-refractivity contribution is 5.92. The molecule has 5 aromatic rings. The summed E-state index contributed by atoms with van der Waals surface area (Å²) in [6.07, 6.45) is 4.08. The molecule has 1 atom stereocenters. The second-order valence-corrected chi connectivity index (χ2v) is 10.7. The van der Waals surface area contributed by atoms with Gasteiger partial charge >= 0.3 is 11.9 Å². The Bertz CT molecular complexity index is 1840. The topological polar surface area (TPSA) is 55.8 Å². The molecule has 0 fully saturated rings. The van der Waals surface area contributed by atoms with E-state index in [0.29, 0.717) is 5.75 Å². The molecule has 0 spiro atoms. The molecule has 0 saturated heterocycles. The molecule has 228 valence electrons. The van der Waals surface area contributed by atoms with E-state index in [9.17, 15) is 9.59 Å². The SMILES string of the molecule is C=CC(=O)Oc1ccc(C(=Cc2ccc(N(c3ccc(C)cc3)c3ccc(C(C)OC(=O)C=C)cc3)cc2)c2ccccc2)cc1. The molecule has 46 heavy (non-hydrogen) atoms. The lowest BCUT2D eigenvalue weighted by Crippen LogP contribution is -2.10. The molecule has 1 unspecified atom stereocenters. The molecular weight excluding hydrogens is 570 g/mol. The molecule has 0 aliphatic rings. The standard InChI is InChI=1S/C41H35NO4/c1-5-40(43)45-30(4)32-16-24-37(25-17-32)42(35-20-12-29(3)13-21-35)36-22-14-31(15-23-36)28-39(33-10-8-7-9-11-33)34-18-26-38(27-19-34)46-41(44)6-2/h5-28,30H,1-2H2,3-4H3. The number of hydrogen-bond donors (Lipinski definition) is 0. The monoisotopic (exact) mass is 605 g/mol. The molecule has 5 rings (SSSR count). The molecule has 0 aromatic heterocycles. The van der Waals surface area contributed by atoms with Gasteiger partial charge in [-0.3, -0.25) is 0 Å². The lowest BCUT2D eigenvalue weighted by Gasteiger charge is -2.26. The number of anilines is 3. The van der Waals surface area contributed by atoms with Gasteiger partial charge in [-0.25, -0.2) is 9.59 Å². The summed E-state index contributed by atoms with van der Waals surface area (Å²) in [5.41, 5.74) is 9.18. The normalized spacial score (nSPS) is 11.7. The molecule has 0 saturated carbocycles. The van der Waals surface area contributed by atoms with Crippen LogP contribution in [0.1, 0.15) is 40.8 Å². The van der Waals surface area contributed by atoms with Crippen LogP contribution in [0.5, 0.6) is 5.75 Å². The summed E-state index contributed by atoms with van der Waals surface area (Å²) >= 11 is 0. The molecule has 0 heterocycles. The Labute approximate surface area is 270 Å². The molecule has 5 heteroatoms.